The van der Waals surface area contributed by atoms with Crippen LogP contribution in [0.25, 0.3) is 0 Å². The Morgan fingerprint density at radius 3 is 2.79 bits per heavy atom. The van der Waals surface area contributed by atoms with Gasteiger partial charge in [-0.1, -0.05) is 56.9 Å². The van der Waals surface area contributed by atoms with Gasteiger partial charge in [-0.15, -0.1) is 6.58 Å². The van der Waals surface area contributed by atoms with E-state index >= 15 is 0 Å². The molecule has 0 spiro atoms. The molecule has 2 nitrogen and oxygen atoms in total. The molecule has 0 aromatic heterocycles. The fourth-order valence-corrected chi connectivity index (χ4v) is 2.01. The van der Waals surface area contributed by atoms with Gasteiger partial charge < -0.3 is 9.84 Å². The molecular weight excluding hydrogens is 236 g/mol. The number of aliphatic hydroxyl groups excluding tert-OH is 1. The third-order valence-corrected chi connectivity index (χ3v) is 3.30. The lowest BCUT2D eigenvalue weighted by atomic mass is 10.1. The first-order chi connectivity index (χ1) is 9.27. The van der Waals surface area contributed by atoms with Gasteiger partial charge in [0.2, 0.25) is 0 Å². The molecule has 1 N–H and O–H groups in total. The van der Waals surface area contributed by atoms with Crippen LogP contribution in [0, 0.1) is 11.8 Å². The molecule has 106 valence electrons. The predicted octanol–water partition coefficient (Wildman–Crippen LogP) is 3.61. The zero-order valence-corrected chi connectivity index (χ0v) is 12.0. The zero-order chi connectivity index (χ0) is 13.9. The van der Waals surface area contributed by atoms with Crippen molar-refractivity contribution >= 4 is 0 Å². The van der Waals surface area contributed by atoms with Crippen LogP contribution in [0.1, 0.15) is 51.9 Å². The maximum absolute atomic E-state index is 9.18. The van der Waals surface area contributed by atoms with Gasteiger partial charge in [0.15, 0.2) is 0 Å². The normalized spacial score (nSPS) is 22.8. The molecule has 0 aliphatic carbocycles. The van der Waals surface area contributed by atoms with E-state index < -0.39 is 6.10 Å². The topological polar surface area (TPSA) is 32.8 Å². The maximum Gasteiger partial charge on any atom is 0.0950 e. The molecule has 19 heavy (non-hydrogen) atoms. The summed E-state index contributed by atoms with van der Waals surface area (Å²) in [6.45, 7) is 5.72. The van der Waals surface area contributed by atoms with Gasteiger partial charge in [0.1, 0.15) is 0 Å². The highest BCUT2D eigenvalue weighted by Gasteiger charge is 2.36. The second-order valence-electron chi connectivity index (χ2n) is 5.03. The van der Waals surface area contributed by atoms with E-state index in [1.54, 1.807) is 12.2 Å². The first-order valence-electron chi connectivity index (χ1n) is 7.39. The molecule has 0 bridgehead atoms. The van der Waals surface area contributed by atoms with Gasteiger partial charge in [-0.25, -0.2) is 0 Å². The average Bonchev–Trinajstić information content (AvgIpc) is 3.16. The highest BCUT2D eigenvalue weighted by Crippen LogP contribution is 2.29. The minimum atomic E-state index is -0.595. The second kappa shape index (κ2) is 9.83. The van der Waals surface area contributed by atoms with Crippen molar-refractivity contribution < 1.29 is 9.84 Å². The highest BCUT2D eigenvalue weighted by atomic mass is 16.6. The Labute approximate surface area is 117 Å². The van der Waals surface area contributed by atoms with E-state index in [-0.39, 0.29) is 0 Å². The van der Waals surface area contributed by atoms with Crippen molar-refractivity contribution in [2.75, 3.05) is 0 Å². The van der Waals surface area contributed by atoms with Crippen molar-refractivity contribution in [3.8, 4) is 11.8 Å². The van der Waals surface area contributed by atoms with Crippen LogP contribution in [0.2, 0.25) is 0 Å². The molecule has 3 atom stereocenters. The van der Waals surface area contributed by atoms with Crippen molar-refractivity contribution in [3.63, 3.8) is 0 Å². The van der Waals surface area contributed by atoms with Gasteiger partial charge in [-0.3, -0.25) is 0 Å². The lowest BCUT2D eigenvalue weighted by Gasteiger charge is -1.96. The molecule has 1 rings (SSSR count). The minimum absolute atomic E-state index is 0.344. The Hall–Kier alpha value is -1.04. The molecule has 2 heteroatoms. The standard InChI is InChI=1S/C17H26O2/c1-3-5-6-7-10-13-16-17(19-16)14-11-8-9-12-15(18)4-2/h4,9,12,15-18H,2-3,5-7,10,13-14H2,1H3/b12-9-. The number of hydrogen-bond donors (Lipinski definition) is 1. The molecule has 1 saturated heterocycles. The molecule has 1 aliphatic heterocycles. The number of epoxide rings is 1. The summed E-state index contributed by atoms with van der Waals surface area (Å²) in [5.74, 6) is 5.97. The summed E-state index contributed by atoms with van der Waals surface area (Å²) < 4.78 is 5.58. The fourth-order valence-electron chi connectivity index (χ4n) is 2.01. The lowest BCUT2D eigenvalue weighted by Crippen LogP contribution is -1.94. The molecule has 0 aromatic carbocycles. The van der Waals surface area contributed by atoms with Crippen molar-refractivity contribution in [1.82, 2.24) is 0 Å². The first kappa shape index (κ1) is 16.0. The van der Waals surface area contributed by atoms with Crippen LogP contribution >= 0.6 is 0 Å². The van der Waals surface area contributed by atoms with Crippen LogP contribution in [0.3, 0.4) is 0 Å². The van der Waals surface area contributed by atoms with E-state index in [0.29, 0.717) is 12.2 Å². The average molecular weight is 262 g/mol. The van der Waals surface area contributed by atoms with E-state index in [0.717, 1.165) is 6.42 Å². The summed E-state index contributed by atoms with van der Waals surface area (Å²) in [6, 6.07) is 0. The van der Waals surface area contributed by atoms with Crippen molar-refractivity contribution in [3.05, 3.63) is 24.8 Å². The zero-order valence-electron chi connectivity index (χ0n) is 12.0. The van der Waals surface area contributed by atoms with Gasteiger partial charge in [0.05, 0.1) is 18.3 Å². The van der Waals surface area contributed by atoms with E-state index in [9.17, 15) is 5.11 Å². The molecule has 1 heterocycles. The highest BCUT2D eigenvalue weighted by molar-refractivity contribution is 5.19. The molecule has 1 aliphatic rings. The Balaban J connectivity index is 2.00. The Morgan fingerprint density at radius 1 is 1.26 bits per heavy atom. The third-order valence-electron chi connectivity index (χ3n) is 3.30. The second-order valence-corrected chi connectivity index (χ2v) is 5.03. The van der Waals surface area contributed by atoms with E-state index in [1.807, 2.05) is 0 Å². The number of ether oxygens (including phenoxy) is 1. The smallest absolute Gasteiger partial charge is 0.0950 e. The van der Waals surface area contributed by atoms with Crippen LogP contribution < -0.4 is 0 Å². The Morgan fingerprint density at radius 2 is 2.05 bits per heavy atom. The Bertz CT molecular complexity index is 335. The quantitative estimate of drug-likeness (QED) is 0.298. The SMILES string of the molecule is C=CC(O)/C=C\C#CCC1OC1CCCCCCC. The monoisotopic (exact) mass is 262 g/mol. The Kier molecular flexibility index (Phi) is 8.29. The van der Waals surface area contributed by atoms with Crippen LogP contribution in [-0.2, 0) is 4.74 Å². The predicted molar refractivity (Wildman–Crippen MR) is 79.8 cm³/mol. The van der Waals surface area contributed by atoms with Gasteiger partial charge in [-0.2, -0.15) is 0 Å². The molecule has 0 radical (unpaired) electrons. The van der Waals surface area contributed by atoms with Gasteiger partial charge in [0, 0.05) is 6.42 Å². The molecule has 1 fully saturated rings. The lowest BCUT2D eigenvalue weighted by molar-refractivity contribution is 0.272. The van der Waals surface area contributed by atoms with E-state index in [1.165, 1.54) is 44.6 Å². The largest absolute Gasteiger partial charge is 0.385 e. The van der Waals surface area contributed by atoms with Crippen LogP contribution in [0.5, 0.6) is 0 Å². The van der Waals surface area contributed by atoms with E-state index in [2.05, 4.69) is 25.3 Å². The molecule has 0 amide bonds. The number of aliphatic hydroxyl groups is 1. The molecule has 3 unspecified atom stereocenters. The summed E-state index contributed by atoms with van der Waals surface area (Å²) in [5.41, 5.74) is 0. The van der Waals surface area contributed by atoms with Crippen molar-refractivity contribution in [2.45, 2.75) is 70.2 Å². The minimum Gasteiger partial charge on any atom is -0.385 e. The summed E-state index contributed by atoms with van der Waals surface area (Å²) >= 11 is 0. The number of hydrogen-bond acceptors (Lipinski definition) is 2. The molecule has 0 saturated carbocycles. The molecule has 0 aromatic rings. The number of allylic oxidation sites excluding steroid dienone is 1. The summed E-state index contributed by atoms with van der Waals surface area (Å²) in [6.07, 6.45) is 13.5. The van der Waals surface area contributed by atoms with Crippen molar-refractivity contribution in [1.29, 1.82) is 0 Å². The van der Waals surface area contributed by atoms with Crippen LogP contribution in [0.4, 0.5) is 0 Å². The van der Waals surface area contributed by atoms with Gasteiger partial charge >= 0.3 is 0 Å². The van der Waals surface area contributed by atoms with Crippen molar-refractivity contribution in [2.24, 2.45) is 0 Å². The summed E-state index contributed by atoms with van der Waals surface area (Å²) in [7, 11) is 0. The number of rotatable bonds is 9. The third kappa shape index (κ3) is 7.87. The fraction of sp³-hybridized carbons (Fsp3) is 0.647. The summed E-state index contributed by atoms with van der Waals surface area (Å²) in [5, 5.41) is 9.18. The van der Waals surface area contributed by atoms with Gasteiger partial charge in [0.25, 0.3) is 0 Å². The first-order valence-corrected chi connectivity index (χ1v) is 7.39. The molecular formula is C17H26O2. The van der Waals surface area contributed by atoms with Crippen LogP contribution in [0.15, 0.2) is 24.8 Å². The maximum atomic E-state index is 9.18. The number of unbranched alkanes of at least 4 members (excludes halogenated alkanes) is 4. The summed E-state index contributed by atoms with van der Waals surface area (Å²) in [4.78, 5) is 0. The van der Waals surface area contributed by atoms with E-state index in [4.69, 9.17) is 4.74 Å². The van der Waals surface area contributed by atoms with Crippen LogP contribution in [-0.4, -0.2) is 23.4 Å². The van der Waals surface area contributed by atoms with Gasteiger partial charge in [-0.05, 0) is 18.6 Å².